The van der Waals surface area contributed by atoms with Crippen LogP contribution in [0.3, 0.4) is 0 Å². The monoisotopic (exact) mass is 673 g/mol. The minimum Gasteiger partial charge on any atom is -0.490 e. The topological polar surface area (TPSA) is 150 Å². The van der Waals surface area contributed by atoms with Crippen LogP contribution in [0.5, 0.6) is 5.75 Å². The lowest BCUT2D eigenvalue weighted by Gasteiger charge is -2.24. The standard InChI is InChI=1S/C35H41Cl2NO8/c36-27-17-22(28(37)16-21(27)6-2-1-3-8-29(40)32(42)34(44)33(43)30(41)19-39)20-45-35(13-14-35)26-18-38-15-12-24(26)25-7-4-5-9-31(25)46-23-10-11-23/h4-5,7,9,12,15-18,23,30,32-34,39,41-44H,1-3,6,8,10-11,13-14,19-20H2/t30-,32+,33+,34+/m1/s1. The van der Waals surface area contributed by atoms with Crippen LogP contribution in [0.1, 0.15) is 68.1 Å². The van der Waals surface area contributed by atoms with Crippen molar-refractivity contribution in [1.29, 1.82) is 0 Å². The Morgan fingerprint density at radius 1 is 0.935 bits per heavy atom. The second-order valence-electron chi connectivity index (χ2n) is 12.3. The highest BCUT2D eigenvalue weighted by Crippen LogP contribution is 2.53. The molecular weight excluding hydrogens is 633 g/mol. The number of halogens is 2. The Bertz CT molecular complexity index is 1500. The van der Waals surface area contributed by atoms with E-state index in [2.05, 4.69) is 11.1 Å². The maximum Gasteiger partial charge on any atom is 0.164 e. The third-order valence-corrected chi connectivity index (χ3v) is 9.39. The smallest absolute Gasteiger partial charge is 0.164 e. The van der Waals surface area contributed by atoms with Crippen LogP contribution in [-0.2, 0) is 28.2 Å². The number of aliphatic hydroxyl groups excluding tert-OH is 5. The molecule has 2 aliphatic rings. The Morgan fingerprint density at radius 2 is 1.65 bits per heavy atom. The summed E-state index contributed by atoms with van der Waals surface area (Å²) in [6.07, 6.45) is 3.06. The molecule has 2 fully saturated rings. The molecule has 0 unspecified atom stereocenters. The largest absolute Gasteiger partial charge is 0.490 e. The first-order chi connectivity index (χ1) is 22.1. The second kappa shape index (κ2) is 15.5. The zero-order valence-electron chi connectivity index (χ0n) is 25.5. The third-order valence-electron chi connectivity index (χ3n) is 8.68. The molecule has 1 aromatic heterocycles. The average molecular weight is 675 g/mol. The van der Waals surface area contributed by atoms with Crippen LogP contribution in [0.25, 0.3) is 11.1 Å². The van der Waals surface area contributed by atoms with Gasteiger partial charge in [-0.15, -0.1) is 0 Å². The van der Waals surface area contributed by atoms with Gasteiger partial charge in [0.25, 0.3) is 0 Å². The van der Waals surface area contributed by atoms with Crippen molar-refractivity contribution in [1.82, 2.24) is 4.98 Å². The van der Waals surface area contributed by atoms with E-state index in [1.54, 1.807) is 6.20 Å². The second-order valence-corrected chi connectivity index (χ2v) is 13.1. The van der Waals surface area contributed by atoms with E-state index in [4.69, 9.17) is 37.8 Å². The summed E-state index contributed by atoms with van der Waals surface area (Å²) < 4.78 is 12.8. The van der Waals surface area contributed by atoms with Crippen LogP contribution in [0, 0.1) is 0 Å². The maximum absolute atomic E-state index is 12.2. The van der Waals surface area contributed by atoms with Crippen molar-refractivity contribution in [2.45, 2.75) is 101 Å². The Labute approximate surface area is 278 Å². The number of carbonyl (C=O) groups excluding carboxylic acids is 1. The summed E-state index contributed by atoms with van der Waals surface area (Å²) in [5.74, 6) is 0.223. The van der Waals surface area contributed by atoms with Gasteiger partial charge in [-0.1, -0.05) is 47.8 Å². The molecule has 9 nitrogen and oxygen atoms in total. The van der Waals surface area contributed by atoms with Crippen molar-refractivity contribution in [2.24, 2.45) is 0 Å². The van der Waals surface area contributed by atoms with Crippen LogP contribution in [-0.4, -0.2) is 73.4 Å². The summed E-state index contributed by atoms with van der Waals surface area (Å²) in [6, 6.07) is 13.8. The fourth-order valence-corrected chi connectivity index (χ4v) is 6.08. The first-order valence-corrected chi connectivity index (χ1v) is 16.6. The van der Waals surface area contributed by atoms with E-state index in [-0.39, 0.29) is 19.1 Å². The van der Waals surface area contributed by atoms with Gasteiger partial charge in [-0.05, 0) is 85.9 Å². The molecule has 248 valence electrons. The van der Waals surface area contributed by atoms with Crippen molar-refractivity contribution < 1.29 is 39.8 Å². The van der Waals surface area contributed by atoms with Crippen molar-refractivity contribution in [3.8, 4) is 16.9 Å². The SMILES string of the molecule is O=C(CCCCCc1cc(Cl)c(COC2(c3cnccc3-c3ccccc3OC3CC3)CC2)cc1Cl)[C@H](O)[C@H](O)[C@@H](O)[C@H](O)CO. The molecule has 0 spiro atoms. The van der Waals surface area contributed by atoms with Gasteiger partial charge in [0, 0.05) is 40.0 Å². The lowest BCUT2D eigenvalue weighted by Crippen LogP contribution is -2.48. The van der Waals surface area contributed by atoms with Gasteiger partial charge < -0.3 is 35.0 Å². The molecular formula is C35H41Cl2NO8. The molecule has 1 heterocycles. The predicted octanol–water partition coefficient (Wildman–Crippen LogP) is 4.91. The van der Waals surface area contributed by atoms with E-state index in [0.717, 1.165) is 59.3 Å². The zero-order valence-corrected chi connectivity index (χ0v) is 27.0. The van der Waals surface area contributed by atoms with Crippen LogP contribution in [0.2, 0.25) is 10.0 Å². The minimum absolute atomic E-state index is 0.00947. The zero-order chi connectivity index (χ0) is 32.8. The van der Waals surface area contributed by atoms with E-state index < -0.39 is 42.4 Å². The highest BCUT2D eigenvalue weighted by molar-refractivity contribution is 6.34. The number of rotatable bonds is 18. The summed E-state index contributed by atoms with van der Waals surface area (Å²) >= 11 is 13.3. The molecule has 0 aliphatic heterocycles. The fraction of sp³-hybridized carbons (Fsp3) is 0.486. The van der Waals surface area contributed by atoms with Crippen LogP contribution in [0.4, 0.5) is 0 Å². The Kier molecular flexibility index (Phi) is 11.7. The predicted molar refractivity (Wildman–Crippen MR) is 174 cm³/mol. The first-order valence-electron chi connectivity index (χ1n) is 15.8. The van der Waals surface area contributed by atoms with Gasteiger partial charge in [0.2, 0.25) is 0 Å². The molecule has 11 heteroatoms. The molecule has 2 aromatic carbocycles. The lowest BCUT2D eigenvalue weighted by atomic mass is 9.96. The van der Waals surface area contributed by atoms with E-state index in [1.165, 1.54) is 0 Å². The van der Waals surface area contributed by atoms with Gasteiger partial charge in [0.15, 0.2) is 5.78 Å². The highest BCUT2D eigenvalue weighted by atomic mass is 35.5. The minimum atomic E-state index is -1.89. The average Bonchev–Trinajstić information content (AvgIpc) is 4.01. The summed E-state index contributed by atoms with van der Waals surface area (Å²) in [5.41, 5.74) is 4.30. The molecule has 4 atom stereocenters. The normalized spacial score (nSPS) is 18.1. The Morgan fingerprint density at radius 3 is 2.37 bits per heavy atom. The van der Waals surface area contributed by atoms with Crippen molar-refractivity contribution in [3.05, 3.63) is 81.6 Å². The molecule has 5 N–H and O–H groups in total. The number of ether oxygens (including phenoxy) is 2. The molecule has 0 radical (unpaired) electrons. The molecule has 0 bridgehead atoms. The summed E-state index contributed by atoms with van der Waals surface area (Å²) in [6.45, 7) is -0.521. The molecule has 46 heavy (non-hydrogen) atoms. The van der Waals surface area contributed by atoms with Crippen LogP contribution < -0.4 is 4.74 Å². The van der Waals surface area contributed by atoms with Gasteiger partial charge in [0.05, 0.1) is 24.9 Å². The summed E-state index contributed by atoms with van der Waals surface area (Å²) in [4.78, 5) is 16.6. The molecule has 0 amide bonds. The number of aromatic nitrogens is 1. The number of aliphatic hydroxyl groups is 5. The van der Waals surface area contributed by atoms with E-state index >= 15 is 0 Å². The number of ketones is 1. The van der Waals surface area contributed by atoms with Gasteiger partial charge >= 0.3 is 0 Å². The number of para-hydroxylation sites is 1. The van der Waals surface area contributed by atoms with Crippen molar-refractivity contribution >= 4 is 29.0 Å². The molecule has 2 aliphatic carbocycles. The molecule has 0 saturated heterocycles. The van der Waals surface area contributed by atoms with E-state index in [0.29, 0.717) is 35.7 Å². The Hall–Kier alpha value is -2.60. The molecule has 5 rings (SSSR count). The maximum atomic E-state index is 12.2. The fourth-order valence-electron chi connectivity index (χ4n) is 5.55. The number of unbranched alkanes of at least 4 members (excludes halogenated alkanes) is 2. The number of benzene rings is 2. The van der Waals surface area contributed by atoms with E-state index in [1.807, 2.05) is 42.6 Å². The van der Waals surface area contributed by atoms with Gasteiger partial charge in [-0.3, -0.25) is 9.78 Å². The number of pyridine rings is 1. The third kappa shape index (κ3) is 8.45. The number of nitrogens with zero attached hydrogens (tertiary/aromatic N) is 1. The van der Waals surface area contributed by atoms with Crippen LogP contribution >= 0.6 is 23.2 Å². The summed E-state index contributed by atoms with van der Waals surface area (Å²) in [7, 11) is 0. The first kappa shape index (κ1) is 34.7. The molecule has 3 aromatic rings. The van der Waals surface area contributed by atoms with Gasteiger partial charge in [0.1, 0.15) is 30.2 Å². The number of Topliss-reactive ketones (excluding diaryl/α,β-unsaturated/α-hetero) is 1. The highest BCUT2D eigenvalue weighted by Gasteiger charge is 2.48. The van der Waals surface area contributed by atoms with Crippen LogP contribution in [0.15, 0.2) is 54.9 Å². The molecule has 2 saturated carbocycles. The van der Waals surface area contributed by atoms with Gasteiger partial charge in [-0.2, -0.15) is 0 Å². The summed E-state index contributed by atoms with van der Waals surface area (Å²) in [5, 5.41) is 49.0. The lowest BCUT2D eigenvalue weighted by molar-refractivity contribution is -0.147. The van der Waals surface area contributed by atoms with Crippen molar-refractivity contribution in [3.63, 3.8) is 0 Å². The number of hydrogen-bond donors (Lipinski definition) is 5. The van der Waals surface area contributed by atoms with Gasteiger partial charge in [-0.25, -0.2) is 0 Å². The quantitative estimate of drug-likeness (QED) is 0.119. The number of carbonyl (C=O) groups is 1. The Balaban J connectivity index is 1.14. The van der Waals surface area contributed by atoms with E-state index in [9.17, 15) is 25.2 Å². The number of hydrogen-bond acceptors (Lipinski definition) is 9. The number of aryl methyl sites for hydroxylation is 1. The van der Waals surface area contributed by atoms with Crippen molar-refractivity contribution in [2.75, 3.05) is 6.61 Å².